The quantitative estimate of drug-likeness (QED) is 0.893. The topological polar surface area (TPSA) is 57.6 Å². The molecule has 0 saturated heterocycles. The number of carboxylic acids is 1. The summed E-state index contributed by atoms with van der Waals surface area (Å²) in [5.74, 6) is -3.97. The summed E-state index contributed by atoms with van der Waals surface area (Å²) in [4.78, 5) is 24.0. The van der Waals surface area contributed by atoms with Crippen molar-refractivity contribution in [2.45, 2.75) is 26.3 Å². The SMILES string of the molecule is CCC(C)N(CC(=O)O)C(=O)c1ccc(F)c(F)c1. The highest BCUT2D eigenvalue weighted by molar-refractivity contribution is 5.96. The number of carbonyl (C=O) groups excluding carboxylic acids is 1. The summed E-state index contributed by atoms with van der Waals surface area (Å²) in [7, 11) is 0. The Kier molecular flexibility index (Phi) is 4.97. The second kappa shape index (κ2) is 6.26. The molecule has 0 radical (unpaired) electrons. The molecule has 0 aliphatic rings. The van der Waals surface area contributed by atoms with E-state index in [0.29, 0.717) is 6.42 Å². The number of nitrogens with zero attached hydrogens (tertiary/aromatic N) is 1. The normalized spacial score (nSPS) is 12.0. The van der Waals surface area contributed by atoms with Gasteiger partial charge in [-0.25, -0.2) is 8.78 Å². The Morgan fingerprint density at radius 1 is 1.32 bits per heavy atom. The number of hydrogen-bond donors (Lipinski definition) is 1. The lowest BCUT2D eigenvalue weighted by Gasteiger charge is -2.27. The van der Waals surface area contributed by atoms with Crippen LogP contribution in [0.25, 0.3) is 0 Å². The maximum atomic E-state index is 13.1. The summed E-state index contributed by atoms with van der Waals surface area (Å²) in [6.45, 7) is 3.02. The Hall–Kier alpha value is -1.98. The Morgan fingerprint density at radius 3 is 2.42 bits per heavy atom. The van der Waals surface area contributed by atoms with E-state index in [0.717, 1.165) is 23.1 Å². The third-order valence-corrected chi connectivity index (χ3v) is 2.86. The van der Waals surface area contributed by atoms with E-state index in [1.807, 2.05) is 0 Å². The maximum Gasteiger partial charge on any atom is 0.323 e. The van der Waals surface area contributed by atoms with Crippen molar-refractivity contribution in [3.05, 3.63) is 35.4 Å². The molecule has 1 amide bonds. The standard InChI is InChI=1S/C13H15F2NO3/c1-3-8(2)16(7-12(17)18)13(19)9-4-5-10(14)11(15)6-9/h4-6,8H,3,7H2,1-2H3,(H,17,18). The summed E-state index contributed by atoms with van der Waals surface area (Å²) >= 11 is 0. The van der Waals surface area contributed by atoms with Crippen LogP contribution in [0.1, 0.15) is 30.6 Å². The van der Waals surface area contributed by atoms with E-state index >= 15 is 0 Å². The summed E-state index contributed by atoms with van der Waals surface area (Å²) < 4.78 is 25.9. The van der Waals surface area contributed by atoms with Crippen LogP contribution >= 0.6 is 0 Å². The molecule has 6 heteroatoms. The number of hydrogen-bond acceptors (Lipinski definition) is 2. The lowest BCUT2D eigenvalue weighted by molar-refractivity contribution is -0.138. The molecule has 0 bridgehead atoms. The van der Waals surface area contributed by atoms with Gasteiger partial charge in [-0.3, -0.25) is 9.59 Å². The van der Waals surface area contributed by atoms with Gasteiger partial charge in [0.1, 0.15) is 6.54 Å². The number of carboxylic acid groups (broad SMARTS) is 1. The fourth-order valence-electron chi connectivity index (χ4n) is 1.59. The summed E-state index contributed by atoms with van der Waals surface area (Å²) in [5.41, 5.74) is -0.0690. The fraction of sp³-hybridized carbons (Fsp3) is 0.385. The van der Waals surface area contributed by atoms with Crippen molar-refractivity contribution in [1.82, 2.24) is 4.90 Å². The first kappa shape index (κ1) is 15.1. The van der Waals surface area contributed by atoms with Gasteiger partial charge in [-0.1, -0.05) is 6.92 Å². The molecule has 1 unspecified atom stereocenters. The fourth-order valence-corrected chi connectivity index (χ4v) is 1.59. The van der Waals surface area contributed by atoms with Gasteiger partial charge in [0.05, 0.1) is 0 Å². The highest BCUT2D eigenvalue weighted by Gasteiger charge is 2.23. The first-order chi connectivity index (χ1) is 8.86. The summed E-state index contributed by atoms with van der Waals surface area (Å²) in [6.07, 6.45) is 0.558. The van der Waals surface area contributed by atoms with Crippen LogP contribution in [-0.4, -0.2) is 34.5 Å². The average molecular weight is 271 g/mol. The third-order valence-electron chi connectivity index (χ3n) is 2.86. The summed E-state index contributed by atoms with van der Waals surface area (Å²) in [6, 6.07) is 2.45. The molecule has 104 valence electrons. The third kappa shape index (κ3) is 3.74. The zero-order valence-electron chi connectivity index (χ0n) is 10.7. The van der Waals surface area contributed by atoms with Crippen LogP contribution in [0.2, 0.25) is 0 Å². The minimum Gasteiger partial charge on any atom is -0.480 e. The molecule has 1 N–H and O–H groups in total. The van der Waals surface area contributed by atoms with Gasteiger partial charge in [0.25, 0.3) is 5.91 Å². The monoisotopic (exact) mass is 271 g/mol. The minimum absolute atomic E-state index is 0.0690. The lowest BCUT2D eigenvalue weighted by atomic mass is 10.1. The van der Waals surface area contributed by atoms with E-state index < -0.39 is 30.1 Å². The van der Waals surface area contributed by atoms with Crippen LogP contribution in [0, 0.1) is 11.6 Å². The molecular formula is C13H15F2NO3. The Balaban J connectivity index is 3.04. The molecule has 0 fully saturated rings. The number of rotatable bonds is 5. The molecule has 0 aromatic heterocycles. The molecule has 1 aromatic carbocycles. The van der Waals surface area contributed by atoms with Crippen molar-refractivity contribution >= 4 is 11.9 Å². The van der Waals surface area contributed by atoms with Crippen LogP contribution in [0.4, 0.5) is 8.78 Å². The molecule has 0 aliphatic heterocycles. The van der Waals surface area contributed by atoms with Crippen LogP contribution in [0.5, 0.6) is 0 Å². The number of aliphatic carboxylic acids is 1. The summed E-state index contributed by atoms with van der Waals surface area (Å²) in [5, 5.41) is 8.79. The van der Waals surface area contributed by atoms with Crippen LogP contribution in [0.3, 0.4) is 0 Å². The molecule has 0 aliphatic carbocycles. The molecule has 1 atom stereocenters. The first-order valence-corrected chi connectivity index (χ1v) is 5.84. The van der Waals surface area contributed by atoms with Gasteiger partial charge in [0.2, 0.25) is 0 Å². The van der Waals surface area contributed by atoms with Crippen molar-refractivity contribution < 1.29 is 23.5 Å². The average Bonchev–Trinajstić information content (AvgIpc) is 2.37. The second-order valence-electron chi connectivity index (χ2n) is 4.21. The number of amides is 1. The van der Waals surface area contributed by atoms with Crippen molar-refractivity contribution in [1.29, 1.82) is 0 Å². The zero-order valence-corrected chi connectivity index (χ0v) is 10.7. The predicted molar refractivity (Wildman–Crippen MR) is 64.8 cm³/mol. The Labute approximate surface area is 109 Å². The van der Waals surface area contributed by atoms with E-state index in [9.17, 15) is 18.4 Å². The van der Waals surface area contributed by atoms with Gasteiger partial charge in [-0.2, -0.15) is 0 Å². The predicted octanol–water partition coefficient (Wildman–Crippen LogP) is 2.29. The zero-order chi connectivity index (χ0) is 14.6. The van der Waals surface area contributed by atoms with Gasteiger partial charge in [-0.05, 0) is 31.5 Å². The van der Waals surface area contributed by atoms with Gasteiger partial charge < -0.3 is 10.0 Å². The van der Waals surface area contributed by atoms with Crippen molar-refractivity contribution in [2.75, 3.05) is 6.54 Å². The van der Waals surface area contributed by atoms with Crippen molar-refractivity contribution in [2.24, 2.45) is 0 Å². The number of benzene rings is 1. The smallest absolute Gasteiger partial charge is 0.323 e. The Bertz CT molecular complexity index is 491. The molecule has 1 aromatic rings. The van der Waals surface area contributed by atoms with Gasteiger partial charge >= 0.3 is 5.97 Å². The van der Waals surface area contributed by atoms with Gasteiger partial charge in [-0.15, -0.1) is 0 Å². The van der Waals surface area contributed by atoms with E-state index in [4.69, 9.17) is 5.11 Å². The maximum absolute atomic E-state index is 13.1. The minimum atomic E-state index is -1.16. The van der Waals surface area contributed by atoms with Crippen molar-refractivity contribution in [3.63, 3.8) is 0 Å². The second-order valence-corrected chi connectivity index (χ2v) is 4.21. The first-order valence-electron chi connectivity index (χ1n) is 5.84. The van der Waals surface area contributed by atoms with Gasteiger partial charge in [0, 0.05) is 11.6 Å². The van der Waals surface area contributed by atoms with E-state index in [-0.39, 0.29) is 11.6 Å². The molecule has 0 spiro atoms. The Morgan fingerprint density at radius 2 is 1.95 bits per heavy atom. The molecule has 0 heterocycles. The molecule has 0 saturated carbocycles. The highest BCUT2D eigenvalue weighted by atomic mass is 19.2. The van der Waals surface area contributed by atoms with Crippen molar-refractivity contribution in [3.8, 4) is 0 Å². The van der Waals surface area contributed by atoms with Crippen LogP contribution < -0.4 is 0 Å². The van der Waals surface area contributed by atoms with E-state index in [2.05, 4.69) is 0 Å². The van der Waals surface area contributed by atoms with E-state index in [1.54, 1.807) is 13.8 Å². The lowest BCUT2D eigenvalue weighted by Crippen LogP contribution is -2.41. The molecule has 1 rings (SSSR count). The molecule has 4 nitrogen and oxygen atoms in total. The molecule has 19 heavy (non-hydrogen) atoms. The van der Waals surface area contributed by atoms with Gasteiger partial charge in [0.15, 0.2) is 11.6 Å². The number of carbonyl (C=O) groups is 2. The number of halogens is 2. The molecular weight excluding hydrogens is 256 g/mol. The van der Waals surface area contributed by atoms with Crippen LogP contribution in [0.15, 0.2) is 18.2 Å². The van der Waals surface area contributed by atoms with E-state index in [1.165, 1.54) is 0 Å². The largest absolute Gasteiger partial charge is 0.480 e. The van der Waals surface area contributed by atoms with Crippen LogP contribution in [-0.2, 0) is 4.79 Å². The highest BCUT2D eigenvalue weighted by Crippen LogP contribution is 2.14.